The smallest absolute Gasteiger partial charge is 0.547 e. The Labute approximate surface area is 238 Å². The van der Waals surface area contributed by atoms with Crippen molar-refractivity contribution in [3.63, 3.8) is 0 Å². The fourth-order valence-electron chi connectivity index (χ4n) is 0. The number of hydrogen-bond donors (Lipinski definition) is 6. The molecule has 6 unspecified atom stereocenters. The van der Waals surface area contributed by atoms with Crippen LogP contribution in [0.25, 0.3) is 0 Å². The molecular formula is C18H30Al2O18. The molecule has 0 aromatic rings. The van der Waals surface area contributed by atoms with E-state index in [9.17, 15) is 59.4 Å². The van der Waals surface area contributed by atoms with Gasteiger partial charge < -0.3 is 90.0 Å². The SMILES string of the molecule is CC(O)C(=O)[O-].CC(O)C(=O)[O-].CC(O)C(=O)[O-].CC(O)C(=O)[O-].CC(O)C(=O)[O-].CC(O)C(=O)[O-].[Al+3].[Al+3]. The molecule has 0 radical (unpaired) electrons. The first-order valence-corrected chi connectivity index (χ1v) is 9.19. The Kier molecular flexibility index (Phi) is 51.0. The molecule has 38 heavy (non-hydrogen) atoms. The number of aliphatic carboxylic acids is 6. The van der Waals surface area contributed by atoms with Gasteiger partial charge in [0, 0.05) is 0 Å². The maximum absolute atomic E-state index is 9.34. The Hall–Kier alpha value is -2.36. The summed E-state index contributed by atoms with van der Waals surface area (Å²) in [5, 5.41) is 104. The summed E-state index contributed by atoms with van der Waals surface area (Å²) in [6.07, 6.45) is -8.06. The summed E-state index contributed by atoms with van der Waals surface area (Å²) >= 11 is 0. The first kappa shape index (κ1) is 56.0. The minimum atomic E-state index is -1.44. The van der Waals surface area contributed by atoms with Gasteiger partial charge >= 0.3 is 34.7 Å². The summed E-state index contributed by atoms with van der Waals surface area (Å²) in [6.45, 7) is 6.81. The fourth-order valence-corrected chi connectivity index (χ4v) is 0. The van der Waals surface area contributed by atoms with E-state index in [1.54, 1.807) is 0 Å². The van der Waals surface area contributed by atoms with Crippen LogP contribution < -0.4 is 30.6 Å². The van der Waals surface area contributed by atoms with Crippen LogP contribution in [0.3, 0.4) is 0 Å². The van der Waals surface area contributed by atoms with E-state index >= 15 is 0 Å². The normalized spacial score (nSPS) is 12.9. The maximum Gasteiger partial charge on any atom is 3.00 e. The number of carboxylic acids is 6. The largest absolute Gasteiger partial charge is 3.00 e. The molecule has 0 aromatic heterocycles. The number of aliphatic hydroxyl groups excluding tert-OH is 6. The predicted octanol–water partition coefficient (Wildman–Crippen LogP) is -12.1. The molecule has 6 atom stereocenters. The Morgan fingerprint density at radius 3 is 0.368 bits per heavy atom. The molecule has 0 rings (SSSR count). The summed E-state index contributed by atoms with van der Waals surface area (Å²) in [5.74, 6) is -8.61. The first-order chi connectivity index (χ1) is 15.9. The summed E-state index contributed by atoms with van der Waals surface area (Å²) < 4.78 is 0. The van der Waals surface area contributed by atoms with Gasteiger partial charge in [-0.15, -0.1) is 0 Å². The van der Waals surface area contributed by atoms with Crippen LogP contribution in [-0.4, -0.2) is 138 Å². The Morgan fingerprint density at radius 1 is 0.342 bits per heavy atom. The standard InChI is InChI=1S/6C3H6O3.2Al/c6*1-2(4)3(5)6;;/h6*2,4H,1H3,(H,5,6);;/q;;;;;;2*+3/p-6. The monoisotopic (exact) mass is 588 g/mol. The Bertz CT molecular complexity index is 493. The number of rotatable bonds is 6. The Balaban J connectivity index is -0.0000000469. The molecule has 0 saturated carbocycles. The zero-order chi connectivity index (χ0) is 30.9. The second-order valence-electron chi connectivity index (χ2n) is 5.97. The van der Waals surface area contributed by atoms with Crippen molar-refractivity contribution in [2.75, 3.05) is 0 Å². The number of hydrogen-bond acceptors (Lipinski definition) is 18. The average Bonchev–Trinajstić information content (AvgIpc) is 2.69. The van der Waals surface area contributed by atoms with E-state index in [4.69, 9.17) is 30.6 Å². The van der Waals surface area contributed by atoms with Gasteiger partial charge in [0.05, 0.1) is 72.4 Å². The van der Waals surface area contributed by atoms with E-state index < -0.39 is 72.4 Å². The van der Waals surface area contributed by atoms with Crippen LogP contribution in [0.1, 0.15) is 41.5 Å². The van der Waals surface area contributed by atoms with Crippen LogP contribution in [0.4, 0.5) is 0 Å². The molecule has 0 fully saturated rings. The van der Waals surface area contributed by atoms with Crippen LogP contribution in [0.2, 0.25) is 0 Å². The molecule has 20 heteroatoms. The van der Waals surface area contributed by atoms with Crippen molar-refractivity contribution < 1.29 is 90.0 Å². The number of carbonyl (C=O) groups excluding carboxylic acids is 6. The fraction of sp³-hybridized carbons (Fsp3) is 0.667. The molecule has 0 aromatic carbocycles. The predicted molar refractivity (Wildman–Crippen MR) is 112 cm³/mol. The van der Waals surface area contributed by atoms with E-state index in [0.717, 1.165) is 41.5 Å². The second kappa shape index (κ2) is 34.6. The van der Waals surface area contributed by atoms with Gasteiger partial charge in [-0.05, 0) is 41.5 Å². The van der Waals surface area contributed by atoms with E-state index in [1.807, 2.05) is 0 Å². The summed E-state index contributed by atoms with van der Waals surface area (Å²) in [6, 6.07) is 0. The van der Waals surface area contributed by atoms with Gasteiger partial charge in [-0.3, -0.25) is 0 Å². The van der Waals surface area contributed by atoms with E-state index in [1.165, 1.54) is 0 Å². The average molecular weight is 588 g/mol. The van der Waals surface area contributed by atoms with E-state index in [0.29, 0.717) is 0 Å². The van der Waals surface area contributed by atoms with E-state index in [2.05, 4.69) is 0 Å². The molecular weight excluding hydrogens is 558 g/mol. The zero-order valence-corrected chi connectivity index (χ0v) is 23.5. The van der Waals surface area contributed by atoms with Crippen molar-refractivity contribution in [2.45, 2.75) is 78.2 Å². The molecule has 0 bridgehead atoms. The molecule has 0 heterocycles. The summed E-state index contributed by atoms with van der Waals surface area (Å²) in [7, 11) is 0. The van der Waals surface area contributed by atoms with Crippen LogP contribution in [0.15, 0.2) is 0 Å². The molecule has 18 nitrogen and oxygen atoms in total. The van der Waals surface area contributed by atoms with Gasteiger partial charge in [0.2, 0.25) is 0 Å². The quantitative estimate of drug-likeness (QED) is 0.157. The topological polar surface area (TPSA) is 362 Å². The molecule has 0 aliphatic rings. The van der Waals surface area contributed by atoms with Gasteiger partial charge in [0.15, 0.2) is 0 Å². The summed E-state index contributed by atoms with van der Waals surface area (Å²) in [4.78, 5) is 56.0. The van der Waals surface area contributed by atoms with Crippen molar-refractivity contribution in [2.24, 2.45) is 0 Å². The van der Waals surface area contributed by atoms with Gasteiger partial charge in [-0.2, -0.15) is 0 Å². The Morgan fingerprint density at radius 2 is 0.368 bits per heavy atom. The van der Waals surface area contributed by atoms with Gasteiger partial charge in [0.25, 0.3) is 0 Å². The molecule has 0 aliphatic heterocycles. The number of aliphatic hydroxyl groups is 6. The first-order valence-electron chi connectivity index (χ1n) is 9.19. The van der Waals surface area contributed by atoms with Gasteiger partial charge in [-0.25, -0.2) is 0 Å². The third-order valence-electron chi connectivity index (χ3n) is 2.05. The third-order valence-corrected chi connectivity index (χ3v) is 2.05. The van der Waals surface area contributed by atoms with Gasteiger partial charge in [-0.1, -0.05) is 0 Å². The minimum absolute atomic E-state index is 0. The molecule has 0 aliphatic carbocycles. The zero-order valence-electron chi connectivity index (χ0n) is 21.2. The van der Waals surface area contributed by atoms with Crippen molar-refractivity contribution in [3.8, 4) is 0 Å². The third kappa shape index (κ3) is 76.5. The number of carboxylic acid groups (broad SMARTS) is 6. The molecule has 216 valence electrons. The van der Waals surface area contributed by atoms with Crippen LogP contribution in [0, 0.1) is 0 Å². The van der Waals surface area contributed by atoms with E-state index in [-0.39, 0.29) is 34.7 Å². The number of carbonyl (C=O) groups is 6. The van der Waals surface area contributed by atoms with Crippen molar-refractivity contribution >= 4 is 70.5 Å². The van der Waals surface area contributed by atoms with Crippen LogP contribution in [-0.2, 0) is 28.8 Å². The molecule has 0 saturated heterocycles. The molecule has 0 spiro atoms. The minimum Gasteiger partial charge on any atom is -0.547 e. The van der Waals surface area contributed by atoms with Gasteiger partial charge in [0.1, 0.15) is 0 Å². The van der Waals surface area contributed by atoms with Crippen molar-refractivity contribution in [3.05, 3.63) is 0 Å². The maximum atomic E-state index is 9.34. The molecule has 6 N–H and O–H groups in total. The molecule has 0 amide bonds. The van der Waals surface area contributed by atoms with Crippen LogP contribution in [0.5, 0.6) is 0 Å². The second-order valence-corrected chi connectivity index (χ2v) is 5.97. The van der Waals surface area contributed by atoms with Crippen molar-refractivity contribution in [1.82, 2.24) is 0 Å². The summed E-state index contributed by atoms with van der Waals surface area (Å²) in [5.41, 5.74) is 0. The van der Waals surface area contributed by atoms with Crippen LogP contribution >= 0.6 is 0 Å². The van der Waals surface area contributed by atoms with Crippen molar-refractivity contribution in [1.29, 1.82) is 0 Å².